The van der Waals surface area contributed by atoms with E-state index < -0.39 is 0 Å². The van der Waals surface area contributed by atoms with E-state index in [1.165, 1.54) is 37.2 Å². The zero-order valence-electron chi connectivity index (χ0n) is 11.0. The van der Waals surface area contributed by atoms with Gasteiger partial charge in [0, 0.05) is 32.4 Å². The van der Waals surface area contributed by atoms with Crippen LogP contribution < -0.4 is 10.4 Å². The van der Waals surface area contributed by atoms with Crippen molar-refractivity contribution in [2.45, 2.75) is 19.4 Å². The van der Waals surface area contributed by atoms with Crippen molar-refractivity contribution < 1.29 is 9.57 Å². The molecule has 0 radical (unpaired) electrons. The van der Waals surface area contributed by atoms with Gasteiger partial charge in [-0.15, -0.1) is 0 Å². The molecule has 0 unspecified atom stereocenters. The Balaban J connectivity index is 1.86. The van der Waals surface area contributed by atoms with E-state index in [4.69, 9.17) is 9.57 Å². The molecule has 0 aliphatic carbocycles. The van der Waals surface area contributed by atoms with Gasteiger partial charge in [-0.25, -0.2) is 0 Å². The summed E-state index contributed by atoms with van der Waals surface area (Å²) < 4.78 is 4.93. The molecular formula is C14H22N2O2. The van der Waals surface area contributed by atoms with Gasteiger partial charge in [0.2, 0.25) is 0 Å². The molecule has 1 aliphatic rings. The van der Waals surface area contributed by atoms with Gasteiger partial charge in [0.15, 0.2) is 0 Å². The summed E-state index contributed by atoms with van der Waals surface area (Å²) >= 11 is 0. The van der Waals surface area contributed by atoms with Crippen LogP contribution in [-0.2, 0) is 16.1 Å². The number of para-hydroxylation sites is 1. The summed E-state index contributed by atoms with van der Waals surface area (Å²) in [4.78, 5) is 7.75. The molecule has 4 heteroatoms. The molecule has 1 N–H and O–H groups in total. The SMILES string of the molecule is COCCONCc1ccccc1N1CCCC1. The highest BCUT2D eigenvalue weighted by Crippen LogP contribution is 2.24. The van der Waals surface area contributed by atoms with Gasteiger partial charge in [0.25, 0.3) is 0 Å². The molecule has 100 valence electrons. The Morgan fingerprint density at radius 3 is 2.72 bits per heavy atom. The summed E-state index contributed by atoms with van der Waals surface area (Å²) in [5, 5.41) is 0. The maximum atomic E-state index is 5.30. The lowest BCUT2D eigenvalue weighted by atomic mass is 10.1. The van der Waals surface area contributed by atoms with Crippen molar-refractivity contribution in [2.75, 3.05) is 38.3 Å². The van der Waals surface area contributed by atoms with Crippen molar-refractivity contribution in [3.05, 3.63) is 29.8 Å². The van der Waals surface area contributed by atoms with Crippen LogP contribution in [0, 0.1) is 0 Å². The van der Waals surface area contributed by atoms with Crippen molar-refractivity contribution in [3.8, 4) is 0 Å². The third-order valence-corrected chi connectivity index (χ3v) is 3.19. The second kappa shape index (κ2) is 7.36. The van der Waals surface area contributed by atoms with E-state index in [1.807, 2.05) is 0 Å². The lowest BCUT2D eigenvalue weighted by Gasteiger charge is -2.21. The van der Waals surface area contributed by atoms with E-state index in [0.717, 1.165) is 6.54 Å². The number of hydrogen-bond donors (Lipinski definition) is 1. The Morgan fingerprint density at radius 1 is 1.17 bits per heavy atom. The molecule has 0 saturated carbocycles. The lowest BCUT2D eigenvalue weighted by molar-refractivity contribution is 0.00351. The van der Waals surface area contributed by atoms with Gasteiger partial charge in [-0.05, 0) is 24.5 Å². The summed E-state index contributed by atoms with van der Waals surface area (Å²) in [5.41, 5.74) is 5.61. The number of hydrogen-bond acceptors (Lipinski definition) is 4. The van der Waals surface area contributed by atoms with Crippen LogP contribution in [0.2, 0.25) is 0 Å². The molecule has 1 aromatic rings. The van der Waals surface area contributed by atoms with Crippen LogP contribution in [0.3, 0.4) is 0 Å². The molecule has 1 aromatic carbocycles. The Hall–Kier alpha value is -1.10. The van der Waals surface area contributed by atoms with Crippen LogP contribution in [0.15, 0.2) is 24.3 Å². The van der Waals surface area contributed by atoms with Crippen molar-refractivity contribution in [1.82, 2.24) is 5.48 Å². The monoisotopic (exact) mass is 250 g/mol. The van der Waals surface area contributed by atoms with Crippen LogP contribution in [0.1, 0.15) is 18.4 Å². The number of rotatable bonds is 7. The first kappa shape index (κ1) is 13.3. The van der Waals surface area contributed by atoms with Gasteiger partial charge >= 0.3 is 0 Å². The maximum Gasteiger partial charge on any atom is 0.0916 e. The summed E-state index contributed by atoms with van der Waals surface area (Å²) in [6.45, 7) is 4.25. The maximum absolute atomic E-state index is 5.30. The molecule has 18 heavy (non-hydrogen) atoms. The third-order valence-electron chi connectivity index (χ3n) is 3.19. The summed E-state index contributed by atoms with van der Waals surface area (Å²) in [5.74, 6) is 0. The molecule has 1 saturated heterocycles. The highest BCUT2D eigenvalue weighted by molar-refractivity contribution is 5.54. The summed E-state index contributed by atoms with van der Waals surface area (Å²) in [7, 11) is 1.67. The molecule has 0 amide bonds. The van der Waals surface area contributed by atoms with E-state index in [0.29, 0.717) is 13.2 Å². The zero-order valence-corrected chi connectivity index (χ0v) is 11.0. The first-order chi connectivity index (χ1) is 8.92. The molecule has 1 fully saturated rings. The van der Waals surface area contributed by atoms with Gasteiger partial charge in [-0.1, -0.05) is 18.2 Å². The molecule has 0 atom stereocenters. The van der Waals surface area contributed by atoms with Gasteiger partial charge in [0.05, 0.1) is 13.2 Å². The van der Waals surface area contributed by atoms with Crippen LogP contribution in [0.4, 0.5) is 5.69 Å². The molecule has 1 heterocycles. The Kier molecular flexibility index (Phi) is 5.45. The van der Waals surface area contributed by atoms with Gasteiger partial charge < -0.3 is 9.64 Å². The Bertz CT molecular complexity index is 351. The van der Waals surface area contributed by atoms with Crippen molar-refractivity contribution in [3.63, 3.8) is 0 Å². The fraction of sp³-hybridized carbons (Fsp3) is 0.571. The number of anilines is 1. The van der Waals surface area contributed by atoms with E-state index in [-0.39, 0.29) is 0 Å². The minimum Gasteiger partial charge on any atom is -0.382 e. The average Bonchev–Trinajstić information content (AvgIpc) is 2.93. The molecule has 0 bridgehead atoms. The van der Waals surface area contributed by atoms with Gasteiger partial charge in [0.1, 0.15) is 0 Å². The first-order valence-electron chi connectivity index (χ1n) is 6.58. The van der Waals surface area contributed by atoms with Crippen LogP contribution in [0.25, 0.3) is 0 Å². The third kappa shape index (κ3) is 3.70. The van der Waals surface area contributed by atoms with Crippen LogP contribution in [-0.4, -0.2) is 33.4 Å². The molecule has 0 spiro atoms. The predicted molar refractivity (Wildman–Crippen MR) is 72.6 cm³/mol. The molecule has 0 aromatic heterocycles. The van der Waals surface area contributed by atoms with E-state index >= 15 is 0 Å². The minimum atomic E-state index is 0.572. The van der Waals surface area contributed by atoms with Crippen LogP contribution >= 0.6 is 0 Å². The molecule has 2 rings (SSSR count). The van der Waals surface area contributed by atoms with Gasteiger partial charge in [-0.2, -0.15) is 5.48 Å². The van der Waals surface area contributed by atoms with E-state index in [9.17, 15) is 0 Å². The highest BCUT2D eigenvalue weighted by Gasteiger charge is 2.14. The Morgan fingerprint density at radius 2 is 1.94 bits per heavy atom. The van der Waals surface area contributed by atoms with E-state index in [1.54, 1.807) is 7.11 Å². The number of nitrogens with one attached hydrogen (secondary N) is 1. The van der Waals surface area contributed by atoms with Crippen molar-refractivity contribution in [2.24, 2.45) is 0 Å². The quantitative estimate of drug-likeness (QED) is 0.592. The number of ether oxygens (including phenoxy) is 1. The highest BCUT2D eigenvalue weighted by atomic mass is 16.7. The van der Waals surface area contributed by atoms with Crippen LogP contribution in [0.5, 0.6) is 0 Å². The zero-order chi connectivity index (χ0) is 12.6. The summed E-state index contributed by atoms with van der Waals surface area (Å²) in [6.07, 6.45) is 2.60. The first-order valence-corrected chi connectivity index (χ1v) is 6.58. The topological polar surface area (TPSA) is 33.7 Å². The van der Waals surface area contributed by atoms with Crippen molar-refractivity contribution >= 4 is 5.69 Å². The fourth-order valence-electron chi connectivity index (χ4n) is 2.25. The van der Waals surface area contributed by atoms with Gasteiger partial charge in [-0.3, -0.25) is 4.84 Å². The molecular weight excluding hydrogens is 228 g/mol. The molecule has 1 aliphatic heterocycles. The number of nitrogens with zero attached hydrogens (tertiary/aromatic N) is 1. The lowest BCUT2D eigenvalue weighted by Crippen LogP contribution is -2.22. The number of benzene rings is 1. The predicted octanol–water partition coefficient (Wildman–Crippen LogP) is 1.95. The smallest absolute Gasteiger partial charge is 0.0916 e. The Labute approximate surface area is 109 Å². The minimum absolute atomic E-state index is 0.572. The second-order valence-electron chi connectivity index (χ2n) is 4.49. The molecule has 4 nitrogen and oxygen atoms in total. The van der Waals surface area contributed by atoms with E-state index in [2.05, 4.69) is 34.6 Å². The summed E-state index contributed by atoms with van der Waals surface area (Å²) in [6, 6.07) is 8.52. The number of hydroxylamine groups is 1. The van der Waals surface area contributed by atoms with Crippen molar-refractivity contribution in [1.29, 1.82) is 0 Å². The normalized spacial score (nSPS) is 15.3. The average molecular weight is 250 g/mol. The fourth-order valence-corrected chi connectivity index (χ4v) is 2.25. The second-order valence-corrected chi connectivity index (χ2v) is 4.49. The largest absolute Gasteiger partial charge is 0.382 e. The number of methoxy groups -OCH3 is 1. The standard InChI is InChI=1S/C14H22N2O2/c1-17-10-11-18-15-12-13-6-2-3-7-14(13)16-8-4-5-9-16/h2-3,6-7,15H,4-5,8-12H2,1H3.